The van der Waals surface area contributed by atoms with E-state index in [2.05, 4.69) is 33.0 Å². The molecule has 2 aromatic rings. The van der Waals surface area contributed by atoms with Gasteiger partial charge in [0.15, 0.2) is 23.0 Å². The van der Waals surface area contributed by atoms with Crippen LogP contribution in [0.5, 0.6) is 23.0 Å². The number of hydrogen-bond donors (Lipinski definition) is 1. The van der Waals surface area contributed by atoms with E-state index >= 15 is 0 Å². The van der Waals surface area contributed by atoms with E-state index in [1.807, 2.05) is 37.3 Å². The number of ether oxygens (including phenoxy) is 4. The number of hydrazone groups is 1. The predicted octanol–water partition coefficient (Wildman–Crippen LogP) is 4.55. The Bertz CT molecular complexity index is 824. The minimum Gasteiger partial charge on any atom is -0.493 e. The number of methoxy groups -OCH3 is 2. The van der Waals surface area contributed by atoms with Gasteiger partial charge in [-0.05, 0) is 58.2 Å². The first kappa shape index (κ1) is 21.6. The molecule has 0 atom stereocenters. The summed E-state index contributed by atoms with van der Waals surface area (Å²) < 4.78 is 22.7. The minimum atomic E-state index is 0.402. The third-order valence-electron chi connectivity index (χ3n) is 3.71. The summed E-state index contributed by atoms with van der Waals surface area (Å²) >= 11 is 3.53. The largest absolute Gasteiger partial charge is 0.493 e. The van der Waals surface area contributed by atoms with Gasteiger partial charge in [-0.25, -0.2) is 0 Å². The highest BCUT2D eigenvalue weighted by Crippen LogP contribution is 2.36. The van der Waals surface area contributed by atoms with Gasteiger partial charge in [-0.1, -0.05) is 18.7 Å². The summed E-state index contributed by atoms with van der Waals surface area (Å²) in [7, 11) is 3.23. The summed E-state index contributed by atoms with van der Waals surface area (Å²) in [6.07, 6.45) is 3.42. The zero-order chi connectivity index (χ0) is 20.4. The van der Waals surface area contributed by atoms with Crippen molar-refractivity contribution < 1.29 is 18.9 Å². The molecule has 2 rings (SSSR count). The van der Waals surface area contributed by atoms with Crippen molar-refractivity contribution in [2.75, 3.05) is 27.4 Å². The molecule has 0 aromatic heterocycles. The van der Waals surface area contributed by atoms with Gasteiger partial charge in [0.1, 0.15) is 6.61 Å². The first-order chi connectivity index (χ1) is 13.6. The van der Waals surface area contributed by atoms with Gasteiger partial charge in [0.05, 0.1) is 38.1 Å². The average molecular weight is 449 g/mol. The Labute approximate surface area is 174 Å². The van der Waals surface area contributed by atoms with Crippen molar-refractivity contribution in [2.45, 2.75) is 13.5 Å². The van der Waals surface area contributed by atoms with E-state index < -0.39 is 0 Å². The monoisotopic (exact) mass is 448 g/mol. The number of hydrogen-bond acceptors (Lipinski definition) is 6. The predicted molar refractivity (Wildman–Crippen MR) is 115 cm³/mol. The van der Waals surface area contributed by atoms with Gasteiger partial charge in [-0.2, -0.15) is 5.10 Å². The molecule has 0 saturated heterocycles. The van der Waals surface area contributed by atoms with Crippen LogP contribution in [-0.4, -0.2) is 33.6 Å². The quantitative estimate of drug-likeness (QED) is 0.310. The van der Waals surface area contributed by atoms with Crippen LogP contribution in [0, 0.1) is 0 Å². The van der Waals surface area contributed by atoms with Gasteiger partial charge < -0.3 is 24.4 Å². The van der Waals surface area contributed by atoms with Crippen molar-refractivity contribution >= 4 is 22.1 Å². The molecule has 1 N–H and O–H groups in total. The lowest BCUT2D eigenvalue weighted by molar-refractivity contribution is 0.295. The molecule has 0 aliphatic rings. The second-order valence-corrected chi connectivity index (χ2v) is 6.50. The second kappa shape index (κ2) is 11.2. The molecule has 0 fully saturated rings. The fourth-order valence-electron chi connectivity index (χ4n) is 2.46. The molecule has 0 aliphatic carbocycles. The van der Waals surface area contributed by atoms with Gasteiger partial charge in [-0.3, -0.25) is 0 Å². The lowest BCUT2D eigenvalue weighted by Gasteiger charge is -2.13. The Morgan fingerprint density at radius 2 is 1.86 bits per heavy atom. The highest BCUT2D eigenvalue weighted by atomic mass is 79.9. The number of rotatable bonds is 11. The molecule has 6 nitrogen and oxygen atoms in total. The molecule has 0 heterocycles. The summed E-state index contributed by atoms with van der Waals surface area (Å²) in [6, 6.07) is 9.54. The molecule has 7 heteroatoms. The van der Waals surface area contributed by atoms with E-state index in [1.165, 1.54) is 0 Å². The van der Waals surface area contributed by atoms with Crippen LogP contribution in [0.1, 0.15) is 18.1 Å². The van der Waals surface area contributed by atoms with E-state index in [4.69, 9.17) is 18.9 Å². The first-order valence-electron chi connectivity index (χ1n) is 8.79. The molecule has 0 amide bonds. The minimum absolute atomic E-state index is 0.402. The van der Waals surface area contributed by atoms with Gasteiger partial charge in [0, 0.05) is 0 Å². The van der Waals surface area contributed by atoms with Crippen LogP contribution in [-0.2, 0) is 6.54 Å². The van der Waals surface area contributed by atoms with E-state index in [0.717, 1.165) is 15.6 Å². The maximum Gasteiger partial charge on any atom is 0.175 e. The van der Waals surface area contributed by atoms with Crippen molar-refractivity contribution in [3.63, 3.8) is 0 Å². The molecule has 0 bridgehead atoms. The topological polar surface area (TPSA) is 61.3 Å². The molecule has 28 heavy (non-hydrogen) atoms. The molecule has 0 unspecified atom stereocenters. The SMILES string of the molecule is C=CCOc1c(Br)cc(/C=N/NCc2ccc(OC)c(OC)c2)cc1OCC. The van der Waals surface area contributed by atoms with Crippen molar-refractivity contribution in [1.29, 1.82) is 0 Å². The second-order valence-electron chi connectivity index (χ2n) is 5.65. The molecule has 0 spiro atoms. The van der Waals surface area contributed by atoms with Crippen LogP contribution in [0.25, 0.3) is 0 Å². The Kier molecular flexibility index (Phi) is 8.68. The lowest BCUT2D eigenvalue weighted by atomic mass is 10.2. The third-order valence-corrected chi connectivity index (χ3v) is 4.30. The summed E-state index contributed by atoms with van der Waals surface area (Å²) in [4.78, 5) is 0. The van der Waals surface area contributed by atoms with E-state index in [1.54, 1.807) is 26.5 Å². The average Bonchev–Trinajstić information content (AvgIpc) is 2.70. The third kappa shape index (κ3) is 5.92. The van der Waals surface area contributed by atoms with Crippen molar-refractivity contribution in [2.24, 2.45) is 5.10 Å². The molecular formula is C21H25BrN2O4. The number of nitrogens with one attached hydrogen (secondary N) is 1. The van der Waals surface area contributed by atoms with E-state index in [9.17, 15) is 0 Å². The molecule has 2 aromatic carbocycles. The summed E-state index contributed by atoms with van der Waals surface area (Å²) in [5.74, 6) is 2.69. The zero-order valence-corrected chi connectivity index (χ0v) is 17.9. The fraction of sp³-hybridized carbons (Fsp3) is 0.286. The number of benzene rings is 2. The smallest absolute Gasteiger partial charge is 0.175 e. The molecule has 150 valence electrons. The number of halogens is 1. The van der Waals surface area contributed by atoms with E-state index in [-0.39, 0.29) is 0 Å². The Hall–Kier alpha value is -2.67. The standard InChI is InChI=1S/C21H25BrN2O4/c1-5-9-28-21-17(22)10-16(12-20(21)27-6-2)14-24-23-13-15-7-8-18(25-3)19(11-15)26-4/h5,7-8,10-12,14,23H,1,6,9,13H2,2-4H3/b24-14+. The van der Waals surface area contributed by atoms with Crippen LogP contribution in [0.3, 0.4) is 0 Å². The summed E-state index contributed by atoms with van der Waals surface area (Å²) in [5.41, 5.74) is 4.93. The van der Waals surface area contributed by atoms with Crippen molar-refractivity contribution in [1.82, 2.24) is 5.43 Å². The Balaban J connectivity index is 2.06. The van der Waals surface area contributed by atoms with Gasteiger partial charge >= 0.3 is 0 Å². The summed E-state index contributed by atoms with van der Waals surface area (Å²) in [6.45, 7) is 7.09. The molecular weight excluding hydrogens is 424 g/mol. The highest BCUT2D eigenvalue weighted by Gasteiger charge is 2.11. The van der Waals surface area contributed by atoms with Gasteiger partial charge in [-0.15, -0.1) is 0 Å². The fourth-order valence-corrected chi connectivity index (χ4v) is 3.03. The maximum atomic E-state index is 5.68. The molecule has 0 aliphatic heterocycles. The van der Waals surface area contributed by atoms with Crippen LogP contribution < -0.4 is 24.4 Å². The van der Waals surface area contributed by atoms with Gasteiger partial charge in [0.25, 0.3) is 0 Å². The maximum absolute atomic E-state index is 5.68. The first-order valence-corrected chi connectivity index (χ1v) is 9.59. The molecule has 0 radical (unpaired) electrons. The van der Waals surface area contributed by atoms with Crippen LogP contribution in [0.15, 0.2) is 52.6 Å². The number of nitrogens with zero attached hydrogens (tertiary/aromatic N) is 1. The zero-order valence-electron chi connectivity index (χ0n) is 16.3. The lowest BCUT2D eigenvalue weighted by Crippen LogP contribution is -2.06. The summed E-state index contributed by atoms with van der Waals surface area (Å²) in [5, 5.41) is 4.29. The van der Waals surface area contributed by atoms with Crippen LogP contribution in [0.4, 0.5) is 0 Å². The Morgan fingerprint density at radius 1 is 1.07 bits per heavy atom. The van der Waals surface area contributed by atoms with Crippen molar-refractivity contribution in [3.8, 4) is 23.0 Å². The molecule has 0 saturated carbocycles. The van der Waals surface area contributed by atoms with Crippen LogP contribution in [0.2, 0.25) is 0 Å². The van der Waals surface area contributed by atoms with Crippen LogP contribution >= 0.6 is 15.9 Å². The van der Waals surface area contributed by atoms with Crippen molar-refractivity contribution in [3.05, 3.63) is 58.6 Å². The Morgan fingerprint density at radius 3 is 2.54 bits per heavy atom. The van der Waals surface area contributed by atoms with Gasteiger partial charge in [0.2, 0.25) is 0 Å². The normalized spacial score (nSPS) is 10.6. The van der Waals surface area contributed by atoms with E-state index in [0.29, 0.717) is 42.8 Å². The highest BCUT2D eigenvalue weighted by molar-refractivity contribution is 9.10.